The van der Waals surface area contributed by atoms with Crippen LogP contribution in [0.2, 0.25) is 0 Å². The molecule has 0 saturated heterocycles. The molecule has 13 heavy (non-hydrogen) atoms. The topological polar surface area (TPSA) is 80.5 Å². The molecule has 0 fully saturated rings. The van der Waals surface area contributed by atoms with Gasteiger partial charge in [-0.15, -0.1) is 0 Å². The fourth-order valence-electron chi connectivity index (χ4n) is 0.922. The number of sulfonamides is 1. The van der Waals surface area contributed by atoms with Crippen LogP contribution in [0.25, 0.3) is 0 Å². The zero-order valence-electron chi connectivity index (χ0n) is 8.15. The average molecular weight is 208 g/mol. The Morgan fingerprint density at radius 2 is 1.92 bits per heavy atom. The predicted octanol–water partition coefficient (Wildman–Crippen LogP) is -0.468. The van der Waals surface area contributed by atoms with Crippen LogP contribution in [0.3, 0.4) is 0 Å². The summed E-state index contributed by atoms with van der Waals surface area (Å²) in [5, 5.41) is 0. The van der Waals surface area contributed by atoms with E-state index in [2.05, 4.69) is 0 Å². The Balaban J connectivity index is 4.72. The third-order valence-corrected chi connectivity index (χ3v) is 3.60. The van der Waals surface area contributed by atoms with Crippen LogP contribution in [0.15, 0.2) is 0 Å². The number of hydrogen-bond acceptors (Lipinski definition) is 3. The van der Waals surface area contributed by atoms with Crippen LogP contribution in [0.4, 0.5) is 0 Å². The van der Waals surface area contributed by atoms with E-state index in [0.717, 1.165) is 4.31 Å². The van der Waals surface area contributed by atoms with E-state index in [1.165, 1.54) is 6.92 Å². The van der Waals surface area contributed by atoms with Crippen molar-refractivity contribution in [2.75, 3.05) is 12.3 Å². The lowest BCUT2D eigenvalue weighted by Crippen LogP contribution is -2.43. The van der Waals surface area contributed by atoms with Crippen molar-refractivity contribution in [2.45, 2.75) is 26.8 Å². The van der Waals surface area contributed by atoms with Crippen molar-refractivity contribution in [3.8, 4) is 0 Å². The minimum Gasteiger partial charge on any atom is -0.369 e. The van der Waals surface area contributed by atoms with E-state index in [1.807, 2.05) is 0 Å². The van der Waals surface area contributed by atoms with E-state index < -0.39 is 15.9 Å². The van der Waals surface area contributed by atoms with E-state index in [9.17, 15) is 13.2 Å². The van der Waals surface area contributed by atoms with Crippen LogP contribution in [0.5, 0.6) is 0 Å². The molecule has 0 bridgehead atoms. The van der Waals surface area contributed by atoms with Gasteiger partial charge in [0.15, 0.2) is 0 Å². The first-order valence-electron chi connectivity index (χ1n) is 4.09. The summed E-state index contributed by atoms with van der Waals surface area (Å²) in [6.45, 7) is 4.70. The molecule has 2 N–H and O–H groups in total. The van der Waals surface area contributed by atoms with E-state index in [4.69, 9.17) is 5.73 Å². The van der Waals surface area contributed by atoms with Gasteiger partial charge in [-0.05, 0) is 20.8 Å². The highest BCUT2D eigenvalue weighted by Crippen LogP contribution is 2.06. The first-order chi connectivity index (χ1) is 5.81. The van der Waals surface area contributed by atoms with Crippen LogP contribution in [0, 0.1) is 0 Å². The zero-order chi connectivity index (χ0) is 10.6. The van der Waals surface area contributed by atoms with Gasteiger partial charge in [-0.25, -0.2) is 8.42 Å². The fourth-order valence-corrected chi connectivity index (χ4v) is 2.22. The van der Waals surface area contributed by atoms with Crippen LogP contribution in [0.1, 0.15) is 20.8 Å². The van der Waals surface area contributed by atoms with Crippen LogP contribution >= 0.6 is 0 Å². The monoisotopic (exact) mass is 208 g/mol. The number of carbonyl (C=O) groups excluding carboxylic acids is 1. The second-order valence-electron chi connectivity index (χ2n) is 3.01. The second-order valence-corrected chi connectivity index (χ2v) is 5.22. The quantitative estimate of drug-likeness (QED) is 0.663. The van der Waals surface area contributed by atoms with Crippen molar-refractivity contribution in [3.05, 3.63) is 0 Å². The number of amides is 1. The summed E-state index contributed by atoms with van der Waals surface area (Å²) < 4.78 is 23.9. The Morgan fingerprint density at radius 3 is 2.15 bits per heavy atom. The molecule has 0 heterocycles. The Labute approximate surface area is 79.0 Å². The summed E-state index contributed by atoms with van der Waals surface area (Å²) in [5.74, 6) is -0.649. The van der Waals surface area contributed by atoms with E-state index in [-0.39, 0.29) is 18.3 Å². The lowest BCUT2D eigenvalue weighted by Gasteiger charge is -2.23. The average Bonchev–Trinajstić information content (AvgIpc) is 1.99. The van der Waals surface area contributed by atoms with Crippen LogP contribution in [-0.2, 0) is 14.8 Å². The first kappa shape index (κ1) is 12.4. The molecule has 0 aromatic carbocycles. The minimum atomic E-state index is -3.32. The highest BCUT2D eigenvalue weighted by molar-refractivity contribution is 7.89. The van der Waals surface area contributed by atoms with Gasteiger partial charge in [-0.1, -0.05) is 0 Å². The van der Waals surface area contributed by atoms with Crippen LogP contribution in [-0.4, -0.2) is 37.0 Å². The van der Waals surface area contributed by atoms with Gasteiger partial charge in [0.05, 0.1) is 12.3 Å². The molecule has 0 atom stereocenters. The zero-order valence-corrected chi connectivity index (χ0v) is 8.97. The van der Waals surface area contributed by atoms with Crippen molar-refractivity contribution in [2.24, 2.45) is 5.73 Å². The Kier molecular flexibility index (Phi) is 4.35. The van der Waals surface area contributed by atoms with Crippen molar-refractivity contribution < 1.29 is 13.2 Å². The summed E-state index contributed by atoms with van der Waals surface area (Å²) in [6.07, 6.45) is 0. The maximum Gasteiger partial charge on any atom is 0.232 e. The van der Waals surface area contributed by atoms with Gasteiger partial charge in [0.1, 0.15) is 0 Å². The smallest absolute Gasteiger partial charge is 0.232 e. The normalized spacial score (nSPS) is 12.4. The highest BCUT2D eigenvalue weighted by Gasteiger charge is 2.24. The predicted molar refractivity (Wildman–Crippen MR) is 50.5 cm³/mol. The molecule has 0 unspecified atom stereocenters. The van der Waals surface area contributed by atoms with E-state index in [1.54, 1.807) is 13.8 Å². The molecular weight excluding hydrogens is 192 g/mol. The summed E-state index contributed by atoms with van der Waals surface area (Å²) in [5.41, 5.74) is 4.94. The van der Waals surface area contributed by atoms with Crippen LogP contribution < -0.4 is 5.73 Å². The summed E-state index contributed by atoms with van der Waals surface area (Å²) >= 11 is 0. The molecule has 0 radical (unpaired) electrons. The SMILES string of the molecule is CCS(=O)(=O)N(CC(N)=O)C(C)C. The van der Waals surface area contributed by atoms with Gasteiger partial charge in [-0.3, -0.25) is 4.79 Å². The highest BCUT2D eigenvalue weighted by atomic mass is 32.2. The summed E-state index contributed by atoms with van der Waals surface area (Å²) in [6, 6.07) is -0.238. The summed E-state index contributed by atoms with van der Waals surface area (Å²) in [7, 11) is -3.32. The number of rotatable bonds is 5. The fraction of sp³-hybridized carbons (Fsp3) is 0.857. The molecule has 0 spiro atoms. The standard InChI is InChI=1S/C7H16N2O3S/c1-4-13(11,12)9(6(2)3)5-7(8)10/h6H,4-5H2,1-3H3,(H2,8,10). The summed E-state index contributed by atoms with van der Waals surface area (Å²) in [4.78, 5) is 10.6. The van der Waals surface area contributed by atoms with Crippen molar-refractivity contribution >= 4 is 15.9 Å². The molecule has 5 nitrogen and oxygen atoms in total. The van der Waals surface area contributed by atoms with Crippen molar-refractivity contribution in [1.29, 1.82) is 0 Å². The maximum atomic E-state index is 11.4. The lowest BCUT2D eigenvalue weighted by molar-refractivity contribution is -0.118. The number of primary amides is 1. The molecule has 1 amide bonds. The third kappa shape index (κ3) is 3.73. The van der Waals surface area contributed by atoms with Gasteiger partial charge in [0.2, 0.25) is 15.9 Å². The molecule has 78 valence electrons. The molecule has 6 heteroatoms. The number of hydrogen-bond donors (Lipinski definition) is 1. The molecule has 0 rings (SSSR count). The van der Waals surface area contributed by atoms with Gasteiger partial charge in [0.25, 0.3) is 0 Å². The molecular formula is C7H16N2O3S. The third-order valence-electron chi connectivity index (χ3n) is 1.61. The number of carbonyl (C=O) groups is 1. The van der Waals surface area contributed by atoms with Gasteiger partial charge < -0.3 is 5.73 Å². The number of nitrogens with two attached hydrogens (primary N) is 1. The maximum absolute atomic E-state index is 11.4. The molecule has 0 saturated carbocycles. The molecule has 0 aromatic rings. The van der Waals surface area contributed by atoms with Gasteiger partial charge >= 0.3 is 0 Å². The molecule has 0 aliphatic rings. The molecule has 0 aromatic heterocycles. The first-order valence-corrected chi connectivity index (χ1v) is 5.70. The number of nitrogens with zero attached hydrogens (tertiary/aromatic N) is 1. The van der Waals surface area contributed by atoms with Crippen molar-refractivity contribution in [3.63, 3.8) is 0 Å². The lowest BCUT2D eigenvalue weighted by atomic mass is 10.4. The largest absolute Gasteiger partial charge is 0.369 e. The van der Waals surface area contributed by atoms with E-state index >= 15 is 0 Å². The minimum absolute atomic E-state index is 0.0154. The van der Waals surface area contributed by atoms with Gasteiger partial charge in [0, 0.05) is 6.04 Å². The Hall–Kier alpha value is -0.620. The Bertz CT molecular complexity index is 271. The van der Waals surface area contributed by atoms with E-state index in [0.29, 0.717) is 0 Å². The molecule has 0 aliphatic heterocycles. The van der Waals surface area contributed by atoms with Crippen molar-refractivity contribution in [1.82, 2.24) is 4.31 Å². The molecule has 0 aliphatic carbocycles. The van der Waals surface area contributed by atoms with Gasteiger partial charge in [-0.2, -0.15) is 4.31 Å². The Morgan fingerprint density at radius 1 is 1.46 bits per heavy atom. The second kappa shape index (κ2) is 4.57.